The smallest absolute Gasteiger partial charge is 0.220 e. The normalized spacial score (nSPS) is 13.2. The van der Waals surface area contributed by atoms with Crippen LogP contribution in [0.25, 0.3) is 0 Å². The Morgan fingerprint density at radius 2 is 0.656 bits per heavy atom. The average Bonchev–Trinajstić information content (AvgIpc) is 3.30. The van der Waals surface area contributed by atoms with Crippen LogP contribution in [-0.2, 0) is 4.79 Å². The fourth-order valence-corrected chi connectivity index (χ4v) is 8.62. The van der Waals surface area contributed by atoms with Crippen molar-refractivity contribution in [1.29, 1.82) is 0 Å². The minimum Gasteiger partial charge on any atom is -0.394 e. The molecule has 0 bridgehead atoms. The zero-order valence-electron chi connectivity index (χ0n) is 43.1. The molecule has 4 nitrogen and oxygen atoms in total. The summed E-state index contributed by atoms with van der Waals surface area (Å²) in [7, 11) is 0. The number of amides is 1. The van der Waals surface area contributed by atoms with Gasteiger partial charge in [-0.15, -0.1) is 0 Å². The van der Waals surface area contributed by atoms with Crippen molar-refractivity contribution in [2.45, 2.75) is 309 Å². The number of carbonyl (C=O) groups excluding carboxylic acids is 1. The molecule has 0 fully saturated rings. The molecule has 4 heteroatoms. The number of hydrogen-bond acceptors (Lipinski definition) is 3. The van der Waals surface area contributed by atoms with Gasteiger partial charge >= 0.3 is 0 Å². The number of rotatable bonds is 52. The second kappa shape index (κ2) is 55.4. The van der Waals surface area contributed by atoms with E-state index in [9.17, 15) is 15.0 Å². The van der Waals surface area contributed by atoms with Crippen LogP contribution in [0.3, 0.4) is 0 Å². The van der Waals surface area contributed by atoms with Crippen molar-refractivity contribution >= 4 is 5.91 Å². The molecule has 2 unspecified atom stereocenters. The standard InChI is InChI=1S/C60H111NO3/c1-3-5-7-9-11-13-15-17-19-21-23-25-26-27-28-29-30-31-32-33-34-36-37-39-41-43-45-47-49-51-53-55-59(63)58(57-62)61-60(64)56-54-52-50-48-46-44-42-40-38-35-24-22-20-18-16-14-12-10-8-6-4-2/h16,18,22,24,38,40,45,47,53,55,58-59,62-63H,3-15,17,19-21,23,25-37,39,41-44,46,48-52,54,56-57H2,1-2H3,(H,61,64)/b18-16-,24-22-,40-38-,47-45+,55-53+. The fraction of sp³-hybridized carbons (Fsp3) is 0.817. The fourth-order valence-electron chi connectivity index (χ4n) is 8.62. The molecular weight excluding hydrogens is 783 g/mol. The maximum absolute atomic E-state index is 12.5. The lowest BCUT2D eigenvalue weighted by Crippen LogP contribution is -2.45. The van der Waals surface area contributed by atoms with Crippen LogP contribution in [0, 0.1) is 0 Å². The molecular formula is C60H111NO3. The zero-order chi connectivity index (χ0) is 46.3. The number of hydrogen-bond donors (Lipinski definition) is 3. The number of carbonyl (C=O) groups is 1. The van der Waals surface area contributed by atoms with Crippen LogP contribution in [-0.4, -0.2) is 34.9 Å². The molecule has 0 aliphatic carbocycles. The molecule has 0 aromatic rings. The Morgan fingerprint density at radius 3 is 1.02 bits per heavy atom. The van der Waals surface area contributed by atoms with E-state index in [1.165, 1.54) is 218 Å². The van der Waals surface area contributed by atoms with Gasteiger partial charge < -0.3 is 15.5 Å². The molecule has 2 atom stereocenters. The largest absolute Gasteiger partial charge is 0.394 e. The van der Waals surface area contributed by atoms with Gasteiger partial charge in [0.25, 0.3) is 0 Å². The van der Waals surface area contributed by atoms with Gasteiger partial charge in [0.15, 0.2) is 0 Å². The van der Waals surface area contributed by atoms with E-state index in [-0.39, 0.29) is 12.5 Å². The predicted molar refractivity (Wildman–Crippen MR) is 285 cm³/mol. The molecule has 3 N–H and O–H groups in total. The molecule has 0 rings (SSSR count). The first-order valence-electron chi connectivity index (χ1n) is 28.5. The van der Waals surface area contributed by atoms with Crippen molar-refractivity contribution in [2.75, 3.05) is 6.61 Å². The average molecular weight is 895 g/mol. The molecule has 0 saturated carbocycles. The van der Waals surface area contributed by atoms with Crippen molar-refractivity contribution < 1.29 is 15.0 Å². The van der Waals surface area contributed by atoms with Crippen LogP contribution in [0.1, 0.15) is 296 Å². The summed E-state index contributed by atoms with van der Waals surface area (Å²) in [5.74, 6) is -0.0849. The summed E-state index contributed by atoms with van der Waals surface area (Å²) in [4.78, 5) is 12.5. The molecule has 0 radical (unpaired) electrons. The molecule has 0 spiro atoms. The van der Waals surface area contributed by atoms with Crippen molar-refractivity contribution in [3.63, 3.8) is 0 Å². The van der Waals surface area contributed by atoms with Crippen LogP contribution in [0.2, 0.25) is 0 Å². The van der Waals surface area contributed by atoms with Crippen molar-refractivity contribution in [3.8, 4) is 0 Å². The van der Waals surface area contributed by atoms with E-state index in [2.05, 4.69) is 67.8 Å². The summed E-state index contributed by atoms with van der Waals surface area (Å²) in [6.45, 7) is 4.30. The second-order valence-electron chi connectivity index (χ2n) is 19.3. The lowest BCUT2D eigenvalue weighted by Gasteiger charge is -2.19. The van der Waals surface area contributed by atoms with E-state index in [0.717, 1.165) is 57.8 Å². The monoisotopic (exact) mass is 894 g/mol. The van der Waals surface area contributed by atoms with E-state index < -0.39 is 12.1 Å². The van der Waals surface area contributed by atoms with Crippen molar-refractivity contribution in [2.24, 2.45) is 0 Å². The molecule has 0 aliphatic rings. The summed E-state index contributed by atoms with van der Waals surface area (Å²) >= 11 is 0. The number of aliphatic hydroxyl groups excluding tert-OH is 2. The van der Waals surface area contributed by atoms with Gasteiger partial charge in [-0.05, 0) is 70.6 Å². The number of aliphatic hydroxyl groups is 2. The predicted octanol–water partition coefficient (Wildman–Crippen LogP) is 18.8. The Bertz CT molecular complexity index is 1060. The molecule has 64 heavy (non-hydrogen) atoms. The maximum atomic E-state index is 12.5. The third-order valence-electron chi connectivity index (χ3n) is 13.0. The minimum atomic E-state index is -0.872. The molecule has 374 valence electrons. The van der Waals surface area contributed by atoms with Gasteiger partial charge in [0, 0.05) is 6.42 Å². The summed E-state index contributed by atoms with van der Waals surface area (Å²) in [5.41, 5.74) is 0. The van der Waals surface area contributed by atoms with Crippen LogP contribution >= 0.6 is 0 Å². The van der Waals surface area contributed by atoms with Gasteiger partial charge in [-0.1, -0.05) is 280 Å². The van der Waals surface area contributed by atoms with Crippen LogP contribution in [0.4, 0.5) is 0 Å². The van der Waals surface area contributed by atoms with E-state index in [1.54, 1.807) is 6.08 Å². The first-order valence-corrected chi connectivity index (χ1v) is 28.5. The van der Waals surface area contributed by atoms with E-state index >= 15 is 0 Å². The first-order chi connectivity index (χ1) is 31.7. The highest BCUT2D eigenvalue weighted by molar-refractivity contribution is 5.76. The first kappa shape index (κ1) is 62.1. The van der Waals surface area contributed by atoms with Gasteiger partial charge in [-0.2, -0.15) is 0 Å². The minimum absolute atomic E-state index is 0.0849. The molecule has 0 aliphatic heterocycles. The molecule has 0 aromatic carbocycles. The van der Waals surface area contributed by atoms with E-state index in [0.29, 0.717) is 6.42 Å². The Balaban J connectivity index is 3.54. The Labute approximate surface area is 400 Å². The van der Waals surface area contributed by atoms with Crippen molar-refractivity contribution in [3.05, 3.63) is 60.8 Å². The lowest BCUT2D eigenvalue weighted by molar-refractivity contribution is -0.123. The van der Waals surface area contributed by atoms with Crippen LogP contribution in [0.15, 0.2) is 60.8 Å². The molecule has 1 amide bonds. The van der Waals surface area contributed by atoms with Crippen LogP contribution in [0.5, 0.6) is 0 Å². The lowest BCUT2D eigenvalue weighted by atomic mass is 10.0. The number of unbranched alkanes of at least 4 members (excludes halogenated alkanes) is 37. The van der Waals surface area contributed by atoms with E-state index in [1.807, 2.05) is 6.08 Å². The van der Waals surface area contributed by atoms with Gasteiger partial charge in [0.05, 0.1) is 18.8 Å². The zero-order valence-corrected chi connectivity index (χ0v) is 43.1. The number of allylic oxidation sites excluding steroid dienone is 9. The van der Waals surface area contributed by atoms with Gasteiger partial charge in [-0.25, -0.2) is 0 Å². The SMILES string of the molecule is CCCCCCC/C=C\C/C=C\C/C=C\CCCCCCCCC(=O)NC(CO)C(O)/C=C/CC/C=C/CCCCCCCCCCCCCCCCCCCCCCCCCCC. The third-order valence-corrected chi connectivity index (χ3v) is 13.0. The Hall–Kier alpha value is -1.91. The Morgan fingerprint density at radius 1 is 0.375 bits per heavy atom. The summed E-state index contributed by atoms with van der Waals surface area (Å²) in [6, 6.07) is -0.650. The van der Waals surface area contributed by atoms with Gasteiger partial charge in [0.1, 0.15) is 0 Å². The second-order valence-corrected chi connectivity index (χ2v) is 19.3. The highest BCUT2D eigenvalue weighted by Crippen LogP contribution is 2.17. The van der Waals surface area contributed by atoms with Crippen LogP contribution < -0.4 is 5.32 Å². The highest BCUT2D eigenvalue weighted by Gasteiger charge is 2.18. The summed E-state index contributed by atoms with van der Waals surface area (Å²) in [6.07, 6.45) is 78.2. The third kappa shape index (κ3) is 51.1. The maximum Gasteiger partial charge on any atom is 0.220 e. The molecule has 0 saturated heterocycles. The summed E-state index contributed by atoms with van der Waals surface area (Å²) < 4.78 is 0. The van der Waals surface area contributed by atoms with Crippen molar-refractivity contribution in [1.82, 2.24) is 5.32 Å². The topological polar surface area (TPSA) is 69.6 Å². The quantitative estimate of drug-likeness (QED) is 0.0421. The molecule has 0 heterocycles. The van der Waals surface area contributed by atoms with Gasteiger partial charge in [0.2, 0.25) is 5.91 Å². The summed E-state index contributed by atoms with van der Waals surface area (Å²) in [5, 5.41) is 23.1. The molecule has 0 aromatic heterocycles. The number of nitrogens with one attached hydrogen (secondary N) is 1. The highest BCUT2D eigenvalue weighted by atomic mass is 16.3. The van der Waals surface area contributed by atoms with Gasteiger partial charge in [-0.3, -0.25) is 4.79 Å². The van der Waals surface area contributed by atoms with E-state index in [4.69, 9.17) is 0 Å². The Kier molecular flexibility index (Phi) is 53.8.